The fourth-order valence-corrected chi connectivity index (χ4v) is 4.08. The molecule has 4 nitrogen and oxygen atoms in total. The van der Waals surface area contributed by atoms with Gasteiger partial charge >= 0.3 is 0 Å². The van der Waals surface area contributed by atoms with Crippen LogP contribution in [-0.2, 0) is 0 Å². The molecule has 0 amide bonds. The van der Waals surface area contributed by atoms with Gasteiger partial charge in [0.05, 0.1) is 11.6 Å². The number of methoxy groups -OCH3 is 1. The van der Waals surface area contributed by atoms with Crippen LogP contribution >= 0.6 is 27.5 Å². The summed E-state index contributed by atoms with van der Waals surface area (Å²) < 4.78 is 19.4. The third-order valence-electron chi connectivity index (χ3n) is 5.10. The fraction of sp³-hybridized carbons (Fsp3) is 0.174. The van der Waals surface area contributed by atoms with E-state index in [0.717, 1.165) is 16.8 Å². The molecule has 0 unspecified atom stereocenters. The third kappa shape index (κ3) is 4.21. The van der Waals surface area contributed by atoms with Crippen molar-refractivity contribution >= 4 is 33.2 Å². The van der Waals surface area contributed by atoms with Crippen LogP contribution in [0.15, 0.2) is 70.1 Å². The SMILES string of the molecule is COc1cccc([C@@H]2CC(c3ccc(Cl)cc3)=N[C@H](c3ccc(F)c(Br)c3)N2)c1O. The smallest absolute Gasteiger partial charge is 0.162 e. The zero-order chi connectivity index (χ0) is 21.3. The van der Waals surface area contributed by atoms with Gasteiger partial charge in [-0.25, -0.2) is 4.39 Å². The molecule has 2 atom stereocenters. The van der Waals surface area contributed by atoms with E-state index in [-0.39, 0.29) is 17.6 Å². The Hall–Kier alpha value is -2.41. The van der Waals surface area contributed by atoms with E-state index in [1.807, 2.05) is 36.4 Å². The molecule has 1 aliphatic heterocycles. The summed E-state index contributed by atoms with van der Waals surface area (Å²) >= 11 is 9.29. The molecule has 1 heterocycles. The molecule has 2 N–H and O–H groups in total. The maximum absolute atomic E-state index is 13.8. The predicted molar refractivity (Wildman–Crippen MR) is 120 cm³/mol. The van der Waals surface area contributed by atoms with Crippen molar-refractivity contribution in [3.05, 3.63) is 92.7 Å². The summed E-state index contributed by atoms with van der Waals surface area (Å²) in [5, 5.41) is 14.8. The van der Waals surface area contributed by atoms with Crippen molar-refractivity contribution in [2.75, 3.05) is 7.11 Å². The standard InChI is InChI=1S/C23H19BrClFN2O2/c1-30-21-4-2-3-16(22(21)29)20-12-19(13-5-8-15(25)9-6-13)27-23(28-20)14-7-10-18(26)17(24)11-14/h2-11,20,23,28-29H,12H2,1H3/t20-,23-/m0/s1. The first-order valence-corrected chi connectivity index (χ1v) is 10.5. The van der Waals surface area contributed by atoms with E-state index in [2.05, 4.69) is 21.2 Å². The number of phenolic OH excluding ortho intramolecular Hbond substituents is 1. The zero-order valence-electron chi connectivity index (χ0n) is 16.1. The second kappa shape index (κ2) is 8.76. The third-order valence-corrected chi connectivity index (χ3v) is 5.96. The summed E-state index contributed by atoms with van der Waals surface area (Å²) in [4.78, 5) is 4.88. The topological polar surface area (TPSA) is 53.8 Å². The number of aromatic hydroxyl groups is 1. The lowest BCUT2D eigenvalue weighted by Gasteiger charge is -2.31. The number of phenols is 1. The lowest BCUT2D eigenvalue weighted by atomic mass is 9.93. The van der Waals surface area contributed by atoms with Crippen molar-refractivity contribution in [1.29, 1.82) is 0 Å². The molecule has 0 saturated heterocycles. The summed E-state index contributed by atoms with van der Waals surface area (Å²) in [6, 6.07) is 17.5. The Morgan fingerprint density at radius 2 is 1.93 bits per heavy atom. The first kappa shape index (κ1) is 20.8. The van der Waals surface area contributed by atoms with E-state index in [9.17, 15) is 9.50 Å². The highest BCUT2D eigenvalue weighted by Crippen LogP contribution is 2.39. The number of aliphatic imine (C=N–C) groups is 1. The Morgan fingerprint density at radius 3 is 2.63 bits per heavy atom. The zero-order valence-corrected chi connectivity index (χ0v) is 18.4. The van der Waals surface area contributed by atoms with Gasteiger partial charge in [0.1, 0.15) is 12.0 Å². The first-order valence-electron chi connectivity index (χ1n) is 9.35. The highest BCUT2D eigenvalue weighted by atomic mass is 79.9. The fourth-order valence-electron chi connectivity index (χ4n) is 3.56. The van der Waals surface area contributed by atoms with Crippen LogP contribution in [0.3, 0.4) is 0 Å². The van der Waals surface area contributed by atoms with Crippen molar-refractivity contribution in [3.63, 3.8) is 0 Å². The predicted octanol–water partition coefficient (Wildman–Crippen LogP) is 6.18. The minimum Gasteiger partial charge on any atom is -0.504 e. The van der Waals surface area contributed by atoms with Crippen LogP contribution in [-0.4, -0.2) is 17.9 Å². The van der Waals surface area contributed by atoms with Crippen molar-refractivity contribution < 1.29 is 14.2 Å². The lowest BCUT2D eigenvalue weighted by molar-refractivity contribution is 0.360. The number of rotatable bonds is 4. The van der Waals surface area contributed by atoms with E-state index in [4.69, 9.17) is 21.3 Å². The van der Waals surface area contributed by atoms with Gasteiger partial charge in [0, 0.05) is 28.8 Å². The number of para-hydroxylation sites is 1. The van der Waals surface area contributed by atoms with E-state index in [0.29, 0.717) is 27.2 Å². The molecule has 0 fully saturated rings. The molecule has 0 bridgehead atoms. The molecule has 0 aliphatic carbocycles. The molecule has 7 heteroatoms. The van der Waals surface area contributed by atoms with Gasteiger partial charge in [-0.05, 0) is 57.4 Å². The molecule has 0 saturated carbocycles. The van der Waals surface area contributed by atoms with Crippen molar-refractivity contribution in [2.45, 2.75) is 18.6 Å². The second-order valence-corrected chi connectivity index (χ2v) is 8.27. The molecule has 4 rings (SSSR count). The van der Waals surface area contributed by atoms with Gasteiger partial charge in [0.15, 0.2) is 11.5 Å². The van der Waals surface area contributed by atoms with Crippen LogP contribution in [0.2, 0.25) is 5.02 Å². The Bertz CT molecular complexity index is 1100. The summed E-state index contributed by atoms with van der Waals surface area (Å²) in [6.45, 7) is 0. The van der Waals surface area contributed by atoms with Crippen LogP contribution in [0, 0.1) is 5.82 Å². The molecule has 0 aromatic heterocycles. The highest BCUT2D eigenvalue weighted by Gasteiger charge is 2.28. The van der Waals surface area contributed by atoms with Crippen molar-refractivity contribution in [3.8, 4) is 11.5 Å². The minimum absolute atomic E-state index is 0.0916. The van der Waals surface area contributed by atoms with Gasteiger partial charge in [0.25, 0.3) is 0 Å². The average Bonchev–Trinajstić information content (AvgIpc) is 2.76. The van der Waals surface area contributed by atoms with Gasteiger partial charge in [-0.15, -0.1) is 0 Å². The molecular formula is C23H19BrClFN2O2. The van der Waals surface area contributed by atoms with E-state index >= 15 is 0 Å². The van der Waals surface area contributed by atoms with Gasteiger partial charge < -0.3 is 9.84 Å². The number of nitrogens with one attached hydrogen (secondary N) is 1. The average molecular weight is 490 g/mol. The molecule has 0 spiro atoms. The molecular weight excluding hydrogens is 471 g/mol. The largest absolute Gasteiger partial charge is 0.504 e. The van der Waals surface area contributed by atoms with E-state index < -0.39 is 6.17 Å². The molecule has 0 radical (unpaired) electrons. The van der Waals surface area contributed by atoms with Crippen LogP contribution in [0.25, 0.3) is 0 Å². The van der Waals surface area contributed by atoms with Gasteiger partial charge in [-0.2, -0.15) is 0 Å². The summed E-state index contributed by atoms with van der Waals surface area (Å²) in [5.41, 5.74) is 3.33. The molecule has 30 heavy (non-hydrogen) atoms. The quantitative estimate of drug-likeness (QED) is 0.460. The summed E-state index contributed by atoms with van der Waals surface area (Å²) in [5.74, 6) is 0.165. The number of halogens is 3. The van der Waals surface area contributed by atoms with Gasteiger partial charge in [0.2, 0.25) is 0 Å². The van der Waals surface area contributed by atoms with Crippen LogP contribution in [0.5, 0.6) is 11.5 Å². The molecule has 154 valence electrons. The Labute approximate surface area is 187 Å². The number of ether oxygens (including phenoxy) is 1. The monoisotopic (exact) mass is 488 g/mol. The van der Waals surface area contributed by atoms with E-state index in [1.54, 1.807) is 18.2 Å². The first-order chi connectivity index (χ1) is 14.5. The molecule has 3 aromatic carbocycles. The number of hydrogen-bond donors (Lipinski definition) is 2. The number of benzene rings is 3. The van der Waals surface area contributed by atoms with Crippen LogP contribution < -0.4 is 10.1 Å². The number of hydrogen-bond acceptors (Lipinski definition) is 4. The van der Waals surface area contributed by atoms with Crippen molar-refractivity contribution in [2.24, 2.45) is 4.99 Å². The summed E-state index contributed by atoms with van der Waals surface area (Å²) in [6.07, 6.45) is 0.137. The molecule has 3 aromatic rings. The van der Waals surface area contributed by atoms with Gasteiger partial charge in [-0.3, -0.25) is 10.3 Å². The minimum atomic E-state index is -0.420. The lowest BCUT2D eigenvalue weighted by Crippen LogP contribution is -2.33. The van der Waals surface area contributed by atoms with Crippen molar-refractivity contribution in [1.82, 2.24) is 5.32 Å². The van der Waals surface area contributed by atoms with Crippen LogP contribution in [0.4, 0.5) is 4.39 Å². The van der Waals surface area contributed by atoms with Gasteiger partial charge in [-0.1, -0.05) is 41.9 Å². The molecule has 1 aliphatic rings. The second-order valence-electron chi connectivity index (χ2n) is 6.98. The summed E-state index contributed by atoms with van der Waals surface area (Å²) in [7, 11) is 1.52. The number of nitrogens with zero attached hydrogens (tertiary/aromatic N) is 1. The van der Waals surface area contributed by atoms with Crippen LogP contribution in [0.1, 0.15) is 35.3 Å². The maximum Gasteiger partial charge on any atom is 0.162 e. The Balaban J connectivity index is 1.78. The Morgan fingerprint density at radius 1 is 1.17 bits per heavy atom. The maximum atomic E-state index is 13.8. The normalized spacial score (nSPS) is 18.7. The Kier molecular flexibility index (Phi) is 6.09. The van der Waals surface area contributed by atoms with E-state index in [1.165, 1.54) is 13.2 Å². The highest BCUT2D eigenvalue weighted by molar-refractivity contribution is 9.10.